The third kappa shape index (κ3) is 4.88. The summed E-state index contributed by atoms with van der Waals surface area (Å²) in [6.07, 6.45) is 2.99. The van der Waals surface area contributed by atoms with E-state index in [1.807, 2.05) is 0 Å². The molecular weight excluding hydrogens is 392 g/mol. The Bertz CT molecular complexity index is 1060. The normalized spacial score (nSPS) is 11.5. The number of pyridine rings is 2. The highest BCUT2D eigenvalue weighted by Gasteiger charge is 2.19. The zero-order valence-electron chi connectivity index (χ0n) is 15.9. The van der Waals surface area contributed by atoms with E-state index >= 15 is 0 Å². The first-order valence-corrected chi connectivity index (χ1v) is 9.91. The number of benzene rings is 1. The Morgan fingerprint density at radius 2 is 1.93 bits per heavy atom. The molecule has 0 bridgehead atoms. The van der Waals surface area contributed by atoms with Gasteiger partial charge in [0, 0.05) is 35.8 Å². The molecule has 0 saturated heterocycles. The van der Waals surface area contributed by atoms with Gasteiger partial charge in [-0.2, -0.15) is 0 Å². The van der Waals surface area contributed by atoms with Crippen molar-refractivity contribution in [1.82, 2.24) is 9.97 Å². The fourth-order valence-electron chi connectivity index (χ4n) is 2.65. The highest BCUT2D eigenvalue weighted by molar-refractivity contribution is 7.84. The van der Waals surface area contributed by atoms with Crippen LogP contribution in [0.4, 0.5) is 11.5 Å². The molecule has 0 saturated carbocycles. The summed E-state index contributed by atoms with van der Waals surface area (Å²) in [6, 6.07) is 11.6. The highest BCUT2D eigenvalue weighted by Crippen LogP contribution is 2.27. The average Bonchev–Trinajstić information content (AvgIpc) is 2.74. The standard InChI is InChI=1S/C20H20N4O4S/c1-27-15-6-5-13(17(11-15)28-2)12-29(26)20-16(4-3-8-23-20)19(25)24-14-7-9-22-18(21)10-14/h3-11H,12H2,1-2H3,(H3,21,22,24,25). The van der Waals surface area contributed by atoms with Crippen LogP contribution in [-0.2, 0) is 16.6 Å². The first-order chi connectivity index (χ1) is 14.0. The molecule has 2 aromatic heterocycles. The summed E-state index contributed by atoms with van der Waals surface area (Å²) in [5, 5.41) is 2.91. The smallest absolute Gasteiger partial charge is 0.258 e. The topological polar surface area (TPSA) is 116 Å². The van der Waals surface area contributed by atoms with Gasteiger partial charge in [-0.25, -0.2) is 9.97 Å². The van der Waals surface area contributed by atoms with Gasteiger partial charge in [0.15, 0.2) is 0 Å². The molecule has 9 heteroatoms. The largest absolute Gasteiger partial charge is 0.497 e. The first-order valence-electron chi connectivity index (χ1n) is 8.59. The van der Waals surface area contributed by atoms with E-state index in [0.717, 1.165) is 0 Å². The lowest BCUT2D eigenvalue weighted by Gasteiger charge is -2.12. The number of carbonyl (C=O) groups excluding carboxylic acids is 1. The summed E-state index contributed by atoms with van der Waals surface area (Å²) < 4.78 is 23.6. The van der Waals surface area contributed by atoms with E-state index in [0.29, 0.717) is 22.7 Å². The molecule has 8 nitrogen and oxygen atoms in total. The highest BCUT2D eigenvalue weighted by atomic mass is 32.2. The second-order valence-electron chi connectivity index (χ2n) is 5.95. The van der Waals surface area contributed by atoms with E-state index in [9.17, 15) is 9.00 Å². The second kappa shape index (κ2) is 9.16. The van der Waals surface area contributed by atoms with Crippen molar-refractivity contribution < 1.29 is 18.5 Å². The second-order valence-corrected chi connectivity index (χ2v) is 7.31. The lowest BCUT2D eigenvalue weighted by atomic mass is 10.2. The van der Waals surface area contributed by atoms with Gasteiger partial charge in [0.2, 0.25) is 0 Å². The molecule has 3 aromatic rings. The van der Waals surface area contributed by atoms with Crippen molar-refractivity contribution in [3.8, 4) is 11.5 Å². The van der Waals surface area contributed by atoms with E-state index in [1.165, 1.54) is 25.6 Å². The van der Waals surface area contributed by atoms with Crippen molar-refractivity contribution in [3.63, 3.8) is 0 Å². The number of aromatic nitrogens is 2. The van der Waals surface area contributed by atoms with Crippen molar-refractivity contribution in [3.05, 3.63) is 66.0 Å². The van der Waals surface area contributed by atoms with Crippen LogP contribution in [0.25, 0.3) is 0 Å². The number of ether oxygens (including phenoxy) is 2. The van der Waals surface area contributed by atoms with E-state index in [-0.39, 0.29) is 22.2 Å². The Balaban J connectivity index is 1.84. The van der Waals surface area contributed by atoms with Gasteiger partial charge in [0.25, 0.3) is 5.91 Å². The molecule has 2 heterocycles. The number of rotatable bonds is 7. The Hall–Kier alpha value is -3.46. The number of nitrogens with one attached hydrogen (secondary N) is 1. The SMILES string of the molecule is COc1ccc(CS(=O)c2ncccc2C(=O)Nc2ccnc(N)c2)c(OC)c1. The van der Waals surface area contributed by atoms with Crippen LogP contribution in [0.5, 0.6) is 11.5 Å². The third-order valence-electron chi connectivity index (χ3n) is 4.05. The molecule has 1 amide bonds. The molecule has 150 valence electrons. The van der Waals surface area contributed by atoms with Crippen LogP contribution in [0.3, 0.4) is 0 Å². The maximum absolute atomic E-state index is 13.0. The molecule has 0 radical (unpaired) electrons. The number of nitrogens with two attached hydrogens (primary N) is 1. The van der Waals surface area contributed by atoms with E-state index in [1.54, 1.807) is 43.5 Å². The maximum atomic E-state index is 13.0. The van der Waals surface area contributed by atoms with Crippen molar-refractivity contribution in [2.45, 2.75) is 10.8 Å². The first kappa shape index (κ1) is 20.3. The van der Waals surface area contributed by atoms with Gasteiger partial charge in [-0.15, -0.1) is 0 Å². The minimum absolute atomic E-state index is 0.132. The van der Waals surface area contributed by atoms with Crippen LogP contribution in [0, 0.1) is 0 Å². The Labute approximate surface area is 170 Å². The monoisotopic (exact) mass is 412 g/mol. The van der Waals surface area contributed by atoms with Crippen LogP contribution in [0.1, 0.15) is 15.9 Å². The van der Waals surface area contributed by atoms with Gasteiger partial charge in [0.1, 0.15) is 22.3 Å². The number of nitrogens with zero attached hydrogens (tertiary/aromatic N) is 2. The lowest BCUT2D eigenvalue weighted by Crippen LogP contribution is -2.16. The Kier molecular flexibility index (Phi) is 6.40. The van der Waals surface area contributed by atoms with Crippen molar-refractivity contribution >= 4 is 28.2 Å². The zero-order valence-corrected chi connectivity index (χ0v) is 16.7. The fraction of sp³-hybridized carbons (Fsp3) is 0.150. The van der Waals surface area contributed by atoms with Crippen LogP contribution < -0.4 is 20.5 Å². The molecule has 3 rings (SSSR count). The number of carbonyl (C=O) groups is 1. The minimum atomic E-state index is -1.58. The third-order valence-corrected chi connectivity index (χ3v) is 5.38. The Morgan fingerprint density at radius 3 is 2.66 bits per heavy atom. The molecule has 0 fully saturated rings. The maximum Gasteiger partial charge on any atom is 0.258 e. The molecular formula is C20H20N4O4S. The summed E-state index contributed by atoms with van der Waals surface area (Å²) in [4.78, 5) is 20.8. The molecule has 0 aliphatic heterocycles. The summed E-state index contributed by atoms with van der Waals surface area (Å²) in [7, 11) is 1.51. The molecule has 3 N–H and O–H groups in total. The molecule has 29 heavy (non-hydrogen) atoms. The van der Waals surface area contributed by atoms with Gasteiger partial charge < -0.3 is 20.5 Å². The lowest BCUT2D eigenvalue weighted by molar-refractivity contribution is 0.102. The summed E-state index contributed by atoms with van der Waals surface area (Å²) in [6.45, 7) is 0. The zero-order chi connectivity index (χ0) is 20.8. The van der Waals surface area contributed by atoms with Crippen LogP contribution in [-0.4, -0.2) is 34.3 Å². The van der Waals surface area contributed by atoms with Gasteiger partial charge in [0.05, 0.1) is 36.3 Å². The predicted octanol–water partition coefficient (Wildman–Crippen LogP) is 2.64. The molecule has 1 aromatic carbocycles. The van der Waals surface area contributed by atoms with Crippen LogP contribution >= 0.6 is 0 Å². The predicted molar refractivity (Wildman–Crippen MR) is 110 cm³/mol. The van der Waals surface area contributed by atoms with E-state index < -0.39 is 16.7 Å². The molecule has 1 atom stereocenters. The average molecular weight is 412 g/mol. The number of nitrogen functional groups attached to an aromatic ring is 1. The Morgan fingerprint density at radius 1 is 1.10 bits per heavy atom. The number of anilines is 2. The molecule has 0 aliphatic rings. The van der Waals surface area contributed by atoms with Crippen LogP contribution in [0.15, 0.2) is 59.9 Å². The summed E-state index contributed by atoms with van der Waals surface area (Å²) in [5.74, 6) is 1.16. The number of methoxy groups -OCH3 is 2. The number of amides is 1. The fourth-order valence-corrected chi connectivity index (χ4v) is 3.89. The quantitative estimate of drug-likeness (QED) is 0.613. The van der Waals surface area contributed by atoms with Gasteiger partial charge in [-0.1, -0.05) is 6.07 Å². The van der Waals surface area contributed by atoms with Gasteiger partial charge in [-0.05, 0) is 24.3 Å². The molecule has 0 aliphatic carbocycles. The number of hydrogen-bond acceptors (Lipinski definition) is 7. The van der Waals surface area contributed by atoms with Crippen molar-refractivity contribution in [2.24, 2.45) is 0 Å². The minimum Gasteiger partial charge on any atom is -0.497 e. The van der Waals surface area contributed by atoms with Gasteiger partial charge >= 0.3 is 0 Å². The van der Waals surface area contributed by atoms with E-state index in [4.69, 9.17) is 15.2 Å². The number of hydrogen-bond donors (Lipinski definition) is 2. The molecule has 0 spiro atoms. The van der Waals surface area contributed by atoms with E-state index in [2.05, 4.69) is 15.3 Å². The summed E-state index contributed by atoms with van der Waals surface area (Å²) >= 11 is 0. The summed E-state index contributed by atoms with van der Waals surface area (Å²) in [5.41, 5.74) is 7.06. The molecule has 1 unspecified atom stereocenters. The van der Waals surface area contributed by atoms with Crippen molar-refractivity contribution in [2.75, 3.05) is 25.3 Å². The van der Waals surface area contributed by atoms with Gasteiger partial charge in [-0.3, -0.25) is 9.00 Å². The van der Waals surface area contributed by atoms with Crippen molar-refractivity contribution in [1.29, 1.82) is 0 Å². The van der Waals surface area contributed by atoms with Crippen LogP contribution in [0.2, 0.25) is 0 Å².